The van der Waals surface area contributed by atoms with Crippen molar-refractivity contribution in [2.45, 2.75) is 12.8 Å². The van der Waals surface area contributed by atoms with Crippen LogP contribution in [0.3, 0.4) is 0 Å². The smallest absolute Gasteiger partial charge is 0.213 e. The minimum atomic E-state index is 0.501. The van der Waals surface area contributed by atoms with Gasteiger partial charge in [-0.3, -0.25) is 0 Å². The van der Waals surface area contributed by atoms with E-state index in [4.69, 9.17) is 16.3 Å². The molecule has 0 unspecified atom stereocenters. The molecule has 0 spiro atoms. The van der Waals surface area contributed by atoms with Gasteiger partial charge in [-0.1, -0.05) is 23.7 Å². The van der Waals surface area contributed by atoms with E-state index in [1.54, 1.807) is 6.20 Å². The van der Waals surface area contributed by atoms with E-state index in [1.807, 2.05) is 36.4 Å². The Hall–Kier alpha value is -2.25. The molecule has 1 aromatic carbocycles. The predicted molar refractivity (Wildman–Crippen MR) is 90.8 cm³/mol. The van der Waals surface area contributed by atoms with Crippen LogP contribution in [0.2, 0.25) is 5.02 Å². The SMILES string of the molecule is N#Cc1cccc(Cl)c1N1CCC(COc2ccccn2)CC1. The number of pyridine rings is 1. The van der Waals surface area contributed by atoms with Gasteiger partial charge in [-0.15, -0.1) is 0 Å². The number of anilines is 1. The molecule has 0 saturated carbocycles. The summed E-state index contributed by atoms with van der Waals surface area (Å²) in [4.78, 5) is 6.38. The van der Waals surface area contributed by atoms with Gasteiger partial charge in [0, 0.05) is 25.4 Å². The maximum Gasteiger partial charge on any atom is 0.213 e. The van der Waals surface area contributed by atoms with Crippen molar-refractivity contribution in [2.24, 2.45) is 5.92 Å². The molecule has 2 heterocycles. The van der Waals surface area contributed by atoms with Crippen molar-refractivity contribution in [3.63, 3.8) is 0 Å². The highest BCUT2D eigenvalue weighted by Crippen LogP contribution is 2.32. The highest BCUT2D eigenvalue weighted by molar-refractivity contribution is 6.33. The molecule has 1 saturated heterocycles. The maximum absolute atomic E-state index is 9.27. The van der Waals surface area contributed by atoms with Gasteiger partial charge in [0.1, 0.15) is 6.07 Å². The second-order valence-corrected chi connectivity index (χ2v) is 6.06. The Bertz CT molecular complexity index is 691. The van der Waals surface area contributed by atoms with Crippen molar-refractivity contribution in [2.75, 3.05) is 24.6 Å². The number of hydrogen-bond acceptors (Lipinski definition) is 4. The van der Waals surface area contributed by atoms with Gasteiger partial charge in [0.2, 0.25) is 5.88 Å². The molecule has 0 N–H and O–H groups in total. The van der Waals surface area contributed by atoms with Gasteiger partial charge < -0.3 is 9.64 Å². The topological polar surface area (TPSA) is 49.2 Å². The van der Waals surface area contributed by atoms with Crippen LogP contribution in [0.5, 0.6) is 5.88 Å². The van der Waals surface area contributed by atoms with Crippen LogP contribution in [0.4, 0.5) is 5.69 Å². The highest BCUT2D eigenvalue weighted by Gasteiger charge is 2.23. The molecule has 23 heavy (non-hydrogen) atoms. The van der Waals surface area contributed by atoms with Gasteiger partial charge in [0.05, 0.1) is 22.9 Å². The lowest BCUT2D eigenvalue weighted by atomic mass is 9.97. The largest absolute Gasteiger partial charge is 0.477 e. The van der Waals surface area contributed by atoms with Crippen molar-refractivity contribution < 1.29 is 4.74 Å². The van der Waals surface area contributed by atoms with Crippen molar-refractivity contribution in [1.82, 2.24) is 4.98 Å². The zero-order valence-electron chi connectivity index (χ0n) is 12.8. The van der Waals surface area contributed by atoms with Crippen LogP contribution < -0.4 is 9.64 Å². The molecular formula is C18H18ClN3O. The normalized spacial score (nSPS) is 15.2. The van der Waals surface area contributed by atoms with E-state index in [9.17, 15) is 5.26 Å². The summed E-state index contributed by atoms with van der Waals surface area (Å²) in [5.74, 6) is 1.18. The van der Waals surface area contributed by atoms with Crippen LogP contribution >= 0.6 is 11.6 Å². The Kier molecular flexibility index (Phi) is 4.99. The molecule has 1 aliphatic rings. The van der Waals surface area contributed by atoms with Crippen molar-refractivity contribution in [3.8, 4) is 11.9 Å². The minimum Gasteiger partial charge on any atom is -0.477 e. The fourth-order valence-corrected chi connectivity index (χ4v) is 3.18. The molecule has 0 bridgehead atoms. The Morgan fingerprint density at radius 2 is 2.04 bits per heavy atom. The lowest BCUT2D eigenvalue weighted by Crippen LogP contribution is -2.36. The number of ether oxygens (including phenoxy) is 1. The van der Waals surface area contributed by atoms with Gasteiger partial charge >= 0.3 is 0 Å². The first-order valence-electron chi connectivity index (χ1n) is 7.75. The monoisotopic (exact) mass is 327 g/mol. The number of hydrogen-bond donors (Lipinski definition) is 0. The fourth-order valence-electron chi connectivity index (χ4n) is 2.89. The minimum absolute atomic E-state index is 0.501. The Morgan fingerprint density at radius 3 is 2.74 bits per heavy atom. The summed E-state index contributed by atoms with van der Waals surface area (Å²) >= 11 is 6.29. The second kappa shape index (κ2) is 7.34. The number of nitriles is 1. The van der Waals surface area contributed by atoms with E-state index in [2.05, 4.69) is 16.0 Å². The number of nitrogens with zero attached hydrogens (tertiary/aromatic N) is 3. The number of benzene rings is 1. The van der Waals surface area contributed by atoms with Crippen molar-refractivity contribution >= 4 is 17.3 Å². The molecule has 1 aliphatic heterocycles. The summed E-state index contributed by atoms with van der Waals surface area (Å²) in [6, 6.07) is 13.4. The molecule has 1 aromatic heterocycles. The third-order valence-electron chi connectivity index (χ3n) is 4.14. The summed E-state index contributed by atoms with van der Waals surface area (Å²) < 4.78 is 5.75. The molecule has 4 nitrogen and oxygen atoms in total. The van der Waals surface area contributed by atoms with Crippen LogP contribution in [-0.2, 0) is 0 Å². The molecule has 5 heteroatoms. The van der Waals surface area contributed by atoms with Crippen LogP contribution in [0.25, 0.3) is 0 Å². The quantitative estimate of drug-likeness (QED) is 0.854. The molecule has 0 aliphatic carbocycles. The van der Waals surface area contributed by atoms with Crippen LogP contribution in [0.1, 0.15) is 18.4 Å². The molecule has 2 aromatic rings. The van der Waals surface area contributed by atoms with Crippen LogP contribution in [0.15, 0.2) is 42.6 Å². The number of piperidine rings is 1. The van der Waals surface area contributed by atoms with Gasteiger partial charge in [0.15, 0.2) is 0 Å². The van der Waals surface area contributed by atoms with Crippen molar-refractivity contribution in [3.05, 3.63) is 53.2 Å². The van der Waals surface area contributed by atoms with E-state index in [-0.39, 0.29) is 0 Å². The third kappa shape index (κ3) is 3.75. The lowest BCUT2D eigenvalue weighted by molar-refractivity contribution is 0.216. The molecule has 3 rings (SSSR count). The van der Waals surface area contributed by atoms with Gasteiger partial charge in [-0.2, -0.15) is 5.26 Å². The van der Waals surface area contributed by atoms with E-state index in [0.29, 0.717) is 29.0 Å². The first kappa shape index (κ1) is 15.6. The molecular weight excluding hydrogens is 310 g/mol. The summed E-state index contributed by atoms with van der Waals surface area (Å²) in [6.45, 7) is 2.45. The maximum atomic E-state index is 9.27. The van der Waals surface area contributed by atoms with Crippen LogP contribution in [0, 0.1) is 17.2 Å². The highest BCUT2D eigenvalue weighted by atomic mass is 35.5. The average molecular weight is 328 g/mol. The van der Waals surface area contributed by atoms with Crippen molar-refractivity contribution in [1.29, 1.82) is 5.26 Å². The molecule has 0 amide bonds. The Balaban J connectivity index is 1.58. The predicted octanol–water partition coefficient (Wildman–Crippen LogP) is 3.90. The van der Waals surface area contributed by atoms with Gasteiger partial charge in [0.25, 0.3) is 0 Å². The zero-order chi connectivity index (χ0) is 16.1. The molecule has 0 atom stereocenters. The van der Waals surface area contributed by atoms with Gasteiger partial charge in [-0.25, -0.2) is 4.98 Å². The summed E-state index contributed by atoms with van der Waals surface area (Å²) in [6.07, 6.45) is 3.77. The first-order valence-corrected chi connectivity index (χ1v) is 8.13. The zero-order valence-corrected chi connectivity index (χ0v) is 13.5. The lowest BCUT2D eigenvalue weighted by Gasteiger charge is -2.34. The molecule has 0 radical (unpaired) electrons. The number of halogens is 1. The number of rotatable bonds is 4. The number of para-hydroxylation sites is 1. The first-order chi connectivity index (χ1) is 11.3. The summed E-state index contributed by atoms with van der Waals surface area (Å²) in [7, 11) is 0. The fraction of sp³-hybridized carbons (Fsp3) is 0.333. The molecule has 1 fully saturated rings. The Labute approximate surface area is 141 Å². The average Bonchev–Trinajstić information content (AvgIpc) is 2.61. The van der Waals surface area contributed by atoms with E-state index < -0.39 is 0 Å². The Morgan fingerprint density at radius 1 is 1.22 bits per heavy atom. The standard InChI is InChI=1S/C18H18ClN3O/c19-16-5-3-4-15(12-20)18(16)22-10-7-14(8-11-22)13-23-17-6-1-2-9-21-17/h1-6,9,14H,7-8,10-11,13H2. The van der Waals surface area contributed by atoms with Crippen LogP contribution in [-0.4, -0.2) is 24.7 Å². The third-order valence-corrected chi connectivity index (χ3v) is 4.45. The van der Waals surface area contributed by atoms with Gasteiger partial charge in [-0.05, 0) is 37.0 Å². The van der Waals surface area contributed by atoms with E-state index in [0.717, 1.165) is 31.6 Å². The summed E-state index contributed by atoms with van der Waals surface area (Å²) in [5, 5.41) is 9.92. The molecule has 118 valence electrons. The number of aromatic nitrogens is 1. The second-order valence-electron chi connectivity index (χ2n) is 5.66. The summed E-state index contributed by atoms with van der Waals surface area (Å²) in [5.41, 5.74) is 1.50. The van der Waals surface area contributed by atoms with E-state index >= 15 is 0 Å². The van der Waals surface area contributed by atoms with E-state index in [1.165, 1.54) is 0 Å².